The van der Waals surface area contributed by atoms with Gasteiger partial charge >= 0.3 is 5.97 Å². The first kappa shape index (κ1) is 23.2. The zero-order valence-corrected chi connectivity index (χ0v) is 17.7. The quantitative estimate of drug-likeness (QED) is 0.409. The number of halogens is 5. The molecule has 0 radical (unpaired) electrons. The molecule has 0 fully saturated rings. The smallest absolute Gasteiger partial charge is 0.358 e. The molecule has 3 rings (SSSR count). The van der Waals surface area contributed by atoms with E-state index in [0.29, 0.717) is 32.1 Å². The number of ether oxygens (including phenoxy) is 1. The lowest BCUT2D eigenvalue weighted by Gasteiger charge is -2.26. The van der Waals surface area contributed by atoms with Crippen LogP contribution in [0.2, 0.25) is 10.0 Å². The van der Waals surface area contributed by atoms with Crippen molar-refractivity contribution >= 4 is 40.1 Å². The van der Waals surface area contributed by atoms with Crippen LogP contribution >= 0.6 is 23.2 Å². The van der Waals surface area contributed by atoms with Gasteiger partial charge in [-0.05, 0) is 29.8 Å². The number of rotatable bonds is 9. The van der Waals surface area contributed by atoms with E-state index >= 15 is 0 Å². The molecule has 164 valence electrons. The molecule has 0 bridgehead atoms. The lowest BCUT2D eigenvalue weighted by Crippen LogP contribution is -2.36. The second-order valence-corrected chi connectivity index (χ2v) is 8.04. The normalized spacial score (nSPS) is 11.6. The van der Waals surface area contributed by atoms with E-state index in [-0.39, 0.29) is 12.2 Å². The third kappa shape index (κ3) is 4.88. The van der Waals surface area contributed by atoms with Crippen LogP contribution in [0.4, 0.5) is 13.2 Å². The number of carboxylic acids is 1. The lowest BCUT2D eigenvalue weighted by molar-refractivity contribution is 0.0517. The van der Waals surface area contributed by atoms with E-state index in [4.69, 9.17) is 27.9 Å². The molecule has 1 heterocycles. The summed E-state index contributed by atoms with van der Waals surface area (Å²) in [6, 6.07) is 11.6. The molecular formula is C22H18Cl2F3NO3. The van der Waals surface area contributed by atoms with Crippen molar-refractivity contribution in [1.29, 1.82) is 0 Å². The Morgan fingerprint density at radius 2 is 1.74 bits per heavy atom. The SMILES string of the molecule is O=C(O)c1nc2ccc(Cl)cc2c(Cc2ccccc2Cl)c1OCC(CF)(CF)CF. The number of carboxylic acid groups (broad SMARTS) is 1. The van der Waals surface area contributed by atoms with Crippen LogP contribution in [0, 0.1) is 5.41 Å². The van der Waals surface area contributed by atoms with E-state index < -0.39 is 43.7 Å². The minimum atomic E-state index is -2.03. The average Bonchev–Trinajstić information content (AvgIpc) is 2.77. The summed E-state index contributed by atoms with van der Waals surface area (Å²) < 4.78 is 45.6. The lowest BCUT2D eigenvalue weighted by atomic mass is 9.94. The highest BCUT2D eigenvalue weighted by Crippen LogP contribution is 2.36. The molecule has 0 amide bonds. The van der Waals surface area contributed by atoms with E-state index in [1.54, 1.807) is 42.5 Å². The van der Waals surface area contributed by atoms with E-state index in [0.717, 1.165) is 0 Å². The number of hydrogen-bond donors (Lipinski definition) is 1. The van der Waals surface area contributed by atoms with Crippen LogP contribution < -0.4 is 4.74 Å². The summed E-state index contributed by atoms with van der Waals surface area (Å²) >= 11 is 12.4. The Labute approximate surface area is 186 Å². The third-order valence-corrected chi connectivity index (χ3v) is 5.51. The molecule has 0 saturated heterocycles. The van der Waals surface area contributed by atoms with Gasteiger partial charge in [0.15, 0.2) is 11.4 Å². The first-order valence-electron chi connectivity index (χ1n) is 9.23. The van der Waals surface area contributed by atoms with Crippen molar-refractivity contribution in [3.05, 3.63) is 69.3 Å². The molecule has 9 heteroatoms. The summed E-state index contributed by atoms with van der Waals surface area (Å²) in [5, 5.41) is 11.0. The van der Waals surface area contributed by atoms with Gasteiger partial charge in [-0.15, -0.1) is 0 Å². The molecule has 0 aliphatic rings. The molecule has 2 aromatic carbocycles. The number of fused-ring (bicyclic) bond motifs is 1. The zero-order valence-electron chi connectivity index (χ0n) is 16.2. The van der Waals surface area contributed by atoms with Gasteiger partial charge in [0.1, 0.15) is 26.6 Å². The first-order chi connectivity index (χ1) is 14.8. The van der Waals surface area contributed by atoms with E-state index in [1.165, 1.54) is 0 Å². The predicted octanol–water partition coefficient (Wildman–Crippen LogP) is 6.10. The largest absolute Gasteiger partial charge is 0.490 e. The molecular weight excluding hydrogens is 454 g/mol. The Hall–Kier alpha value is -2.51. The maximum atomic E-state index is 13.4. The molecule has 0 spiro atoms. The Bertz CT molecular complexity index is 1100. The maximum absolute atomic E-state index is 13.4. The van der Waals surface area contributed by atoms with E-state index in [9.17, 15) is 23.1 Å². The van der Waals surface area contributed by atoms with Gasteiger partial charge in [0.05, 0.1) is 10.9 Å². The minimum Gasteiger partial charge on any atom is -0.490 e. The Morgan fingerprint density at radius 3 is 2.35 bits per heavy atom. The predicted molar refractivity (Wildman–Crippen MR) is 114 cm³/mol. The van der Waals surface area contributed by atoms with Crippen LogP contribution in [0.25, 0.3) is 10.9 Å². The van der Waals surface area contributed by atoms with Gasteiger partial charge in [-0.2, -0.15) is 0 Å². The van der Waals surface area contributed by atoms with Gasteiger partial charge in [-0.1, -0.05) is 41.4 Å². The monoisotopic (exact) mass is 471 g/mol. The Morgan fingerprint density at radius 1 is 1.06 bits per heavy atom. The standard InChI is InChI=1S/C22H18Cl2F3NO3/c23-14-5-6-18-15(8-14)16(7-13-3-1-2-4-17(13)24)20(19(28-18)21(29)30)31-12-22(9-25,10-26)11-27/h1-6,8H,7,9-12H2,(H,29,30). The summed E-state index contributed by atoms with van der Waals surface area (Å²) in [5.74, 6) is -1.61. The number of pyridine rings is 1. The highest BCUT2D eigenvalue weighted by atomic mass is 35.5. The number of carbonyl (C=O) groups is 1. The number of aromatic nitrogens is 1. The van der Waals surface area contributed by atoms with Crippen molar-refractivity contribution in [3.8, 4) is 5.75 Å². The molecule has 0 aliphatic heterocycles. The Balaban J connectivity index is 2.22. The molecule has 0 aliphatic carbocycles. The molecule has 0 unspecified atom stereocenters. The van der Waals surface area contributed by atoms with Gasteiger partial charge in [-0.3, -0.25) is 13.2 Å². The van der Waals surface area contributed by atoms with Gasteiger partial charge in [0.2, 0.25) is 0 Å². The number of alkyl halides is 3. The summed E-state index contributed by atoms with van der Waals surface area (Å²) in [4.78, 5) is 16.0. The van der Waals surface area contributed by atoms with Crippen molar-refractivity contribution in [2.75, 3.05) is 26.6 Å². The fraction of sp³-hybridized carbons (Fsp3) is 0.273. The second-order valence-electron chi connectivity index (χ2n) is 7.19. The van der Waals surface area contributed by atoms with Crippen molar-refractivity contribution in [1.82, 2.24) is 4.98 Å². The molecule has 0 atom stereocenters. The fourth-order valence-electron chi connectivity index (χ4n) is 3.04. The van der Waals surface area contributed by atoms with Crippen molar-refractivity contribution < 1.29 is 27.8 Å². The minimum absolute atomic E-state index is 0.128. The highest BCUT2D eigenvalue weighted by molar-refractivity contribution is 6.31. The summed E-state index contributed by atoms with van der Waals surface area (Å²) in [5.41, 5.74) is -1.12. The van der Waals surface area contributed by atoms with Gasteiger partial charge < -0.3 is 9.84 Å². The number of hydrogen-bond acceptors (Lipinski definition) is 3. The van der Waals surface area contributed by atoms with Crippen LogP contribution in [0.15, 0.2) is 42.5 Å². The average molecular weight is 472 g/mol. The topological polar surface area (TPSA) is 59.4 Å². The van der Waals surface area contributed by atoms with E-state index in [1.807, 2.05) is 0 Å². The summed E-state index contributed by atoms with van der Waals surface area (Å²) in [7, 11) is 0. The number of aromatic carboxylic acids is 1. The second kappa shape index (κ2) is 9.75. The third-order valence-electron chi connectivity index (χ3n) is 4.91. The van der Waals surface area contributed by atoms with Crippen LogP contribution in [0.5, 0.6) is 5.75 Å². The van der Waals surface area contributed by atoms with Crippen LogP contribution in [0.1, 0.15) is 21.6 Å². The van der Waals surface area contributed by atoms with Gasteiger partial charge in [0.25, 0.3) is 0 Å². The van der Waals surface area contributed by atoms with Crippen LogP contribution in [-0.4, -0.2) is 42.7 Å². The fourth-order valence-corrected chi connectivity index (χ4v) is 3.41. The molecule has 4 nitrogen and oxygen atoms in total. The highest BCUT2D eigenvalue weighted by Gasteiger charge is 2.34. The van der Waals surface area contributed by atoms with Crippen molar-refractivity contribution in [2.24, 2.45) is 5.41 Å². The van der Waals surface area contributed by atoms with Crippen molar-refractivity contribution in [2.45, 2.75) is 6.42 Å². The summed E-state index contributed by atoms with van der Waals surface area (Å²) in [6.45, 7) is -4.64. The van der Waals surface area contributed by atoms with Crippen LogP contribution in [0.3, 0.4) is 0 Å². The van der Waals surface area contributed by atoms with Gasteiger partial charge in [-0.25, -0.2) is 9.78 Å². The Kier molecular flexibility index (Phi) is 7.28. The molecule has 1 aromatic heterocycles. The molecule has 3 aromatic rings. The maximum Gasteiger partial charge on any atom is 0.358 e. The number of benzene rings is 2. The molecule has 0 saturated carbocycles. The van der Waals surface area contributed by atoms with Crippen molar-refractivity contribution in [3.63, 3.8) is 0 Å². The van der Waals surface area contributed by atoms with Crippen LogP contribution in [-0.2, 0) is 6.42 Å². The van der Waals surface area contributed by atoms with E-state index in [2.05, 4.69) is 4.98 Å². The van der Waals surface area contributed by atoms with Gasteiger partial charge in [0, 0.05) is 27.4 Å². The first-order valence-corrected chi connectivity index (χ1v) is 9.99. The molecule has 1 N–H and O–H groups in total. The summed E-state index contributed by atoms with van der Waals surface area (Å²) in [6.07, 6.45) is 0.128. The zero-order chi connectivity index (χ0) is 22.6. The molecule has 31 heavy (non-hydrogen) atoms. The number of nitrogens with zero attached hydrogens (tertiary/aromatic N) is 1.